The molecule has 2 N–H and O–H groups in total. The molecule has 4 aromatic rings. The topological polar surface area (TPSA) is 84.5 Å². The Morgan fingerprint density at radius 2 is 1.29 bits per heavy atom. The summed E-state index contributed by atoms with van der Waals surface area (Å²) in [6.07, 6.45) is -7.53. The first-order chi connectivity index (χ1) is 24.6. The molecule has 0 spiro atoms. The summed E-state index contributed by atoms with van der Waals surface area (Å²) in [5.41, 5.74) is 0.779. The number of ether oxygens (including phenoxy) is 1. The summed E-state index contributed by atoms with van der Waals surface area (Å²) in [5.74, 6) is -2.22. The lowest BCUT2D eigenvalue weighted by Gasteiger charge is -2.37. The van der Waals surface area contributed by atoms with Crippen molar-refractivity contribution in [3.05, 3.63) is 119 Å². The number of hydrogen-bond donors (Lipinski definition) is 2. The molecule has 2 amide bonds. The van der Waals surface area contributed by atoms with Gasteiger partial charge in [-0.2, -0.15) is 26.3 Å². The number of benzene rings is 4. The Hall–Kier alpha value is -5.13. The van der Waals surface area contributed by atoms with Crippen molar-refractivity contribution in [2.24, 2.45) is 5.92 Å². The maximum absolute atomic E-state index is 13.7. The van der Waals surface area contributed by atoms with Crippen molar-refractivity contribution in [3.63, 3.8) is 0 Å². The molecule has 0 aliphatic heterocycles. The molecule has 6 rings (SSSR count). The second-order valence-electron chi connectivity index (χ2n) is 13.6. The van der Waals surface area contributed by atoms with Crippen LogP contribution < -0.4 is 10.6 Å². The van der Waals surface area contributed by atoms with Crippen molar-refractivity contribution >= 4 is 17.8 Å². The zero-order valence-corrected chi connectivity index (χ0v) is 28.2. The molecule has 6 nitrogen and oxygen atoms in total. The third kappa shape index (κ3) is 7.42. The molecule has 0 radical (unpaired) electrons. The van der Waals surface area contributed by atoms with E-state index >= 15 is 0 Å². The van der Waals surface area contributed by atoms with E-state index in [0.717, 1.165) is 23.3 Å². The lowest BCUT2D eigenvalue weighted by Crippen LogP contribution is -2.49. The highest BCUT2D eigenvalue weighted by atomic mass is 19.4. The van der Waals surface area contributed by atoms with Gasteiger partial charge in [-0.25, -0.2) is 0 Å². The van der Waals surface area contributed by atoms with Crippen molar-refractivity contribution in [1.82, 2.24) is 10.6 Å². The average molecular weight is 723 g/mol. The predicted molar refractivity (Wildman–Crippen MR) is 182 cm³/mol. The van der Waals surface area contributed by atoms with Gasteiger partial charge in [-0.3, -0.25) is 14.4 Å². The summed E-state index contributed by atoms with van der Waals surface area (Å²) in [6, 6.07) is 25.3. The normalized spacial score (nSPS) is 19.2. The van der Waals surface area contributed by atoms with Crippen LogP contribution in [0.4, 0.5) is 26.3 Å². The summed E-state index contributed by atoms with van der Waals surface area (Å²) in [4.78, 5) is 40.5. The first kappa shape index (κ1) is 36.7. The van der Waals surface area contributed by atoms with Gasteiger partial charge in [-0.1, -0.05) is 78.9 Å². The molecule has 0 heterocycles. The Balaban J connectivity index is 1.10. The van der Waals surface area contributed by atoms with E-state index in [9.17, 15) is 40.7 Å². The van der Waals surface area contributed by atoms with Crippen LogP contribution in [-0.2, 0) is 25.9 Å². The van der Waals surface area contributed by atoms with Gasteiger partial charge in [0.15, 0.2) is 0 Å². The fourth-order valence-electron chi connectivity index (χ4n) is 7.44. The maximum Gasteiger partial charge on any atom is 0.416 e. The Morgan fingerprint density at radius 3 is 1.85 bits per heavy atom. The molecule has 0 aromatic heterocycles. The fourth-order valence-corrected chi connectivity index (χ4v) is 7.44. The molecular weight excluding hydrogens is 686 g/mol. The van der Waals surface area contributed by atoms with Crippen molar-refractivity contribution in [1.29, 1.82) is 0 Å². The van der Waals surface area contributed by atoms with Gasteiger partial charge < -0.3 is 15.4 Å². The largest absolute Gasteiger partial charge is 0.465 e. The SMILES string of the molecule is CC1(NC(=O)c2ccccc2-c2ccc(C(F)(F)F)cc2)CCC(C(=O)OCCC2(C(=O)NCC(F)(F)F)c3ccccc3-c3ccccc32)CC1. The number of carbonyl (C=O) groups excluding carboxylic acids is 3. The standard InChI is InChI=1S/C40H36F6N2O4/c1-37(48-34(49)31-11-3-2-8-28(31)25-14-16-27(17-15-25)40(44,45)46)20-18-26(19-21-37)35(50)52-23-22-38(36(51)47-24-39(41,42)43)32-12-6-4-9-29(32)30-10-5-7-13-33(30)38/h2-17,26H,18-24H2,1H3,(H,47,51)(H,48,49). The van der Waals surface area contributed by atoms with Gasteiger partial charge in [0.25, 0.3) is 5.91 Å². The molecule has 2 aliphatic rings. The monoisotopic (exact) mass is 722 g/mol. The second-order valence-corrected chi connectivity index (χ2v) is 13.6. The first-order valence-electron chi connectivity index (χ1n) is 16.9. The van der Waals surface area contributed by atoms with E-state index in [1.807, 2.05) is 19.1 Å². The van der Waals surface area contributed by atoms with Crippen LogP contribution >= 0.6 is 0 Å². The minimum Gasteiger partial charge on any atom is -0.465 e. The Morgan fingerprint density at radius 1 is 0.750 bits per heavy atom. The average Bonchev–Trinajstić information content (AvgIpc) is 3.40. The lowest BCUT2D eigenvalue weighted by atomic mass is 9.74. The predicted octanol–water partition coefficient (Wildman–Crippen LogP) is 8.63. The number of esters is 1. The van der Waals surface area contributed by atoms with E-state index in [1.165, 1.54) is 12.1 Å². The number of nitrogens with one attached hydrogen (secondary N) is 2. The maximum atomic E-state index is 13.7. The van der Waals surface area contributed by atoms with Gasteiger partial charge in [0.1, 0.15) is 12.0 Å². The van der Waals surface area contributed by atoms with Crippen molar-refractivity contribution in [2.75, 3.05) is 13.2 Å². The first-order valence-corrected chi connectivity index (χ1v) is 16.9. The fraction of sp³-hybridized carbons (Fsp3) is 0.325. The molecule has 0 unspecified atom stereocenters. The molecule has 2 aliphatic carbocycles. The number of hydrogen-bond acceptors (Lipinski definition) is 4. The van der Waals surface area contributed by atoms with Gasteiger partial charge in [-0.05, 0) is 84.2 Å². The third-order valence-corrected chi connectivity index (χ3v) is 10.2. The molecule has 1 fully saturated rings. The zero-order chi connectivity index (χ0) is 37.3. The summed E-state index contributed by atoms with van der Waals surface area (Å²) in [5, 5.41) is 5.13. The molecule has 12 heteroatoms. The minimum atomic E-state index is -4.62. The number of amides is 2. The lowest BCUT2D eigenvalue weighted by molar-refractivity contribution is -0.151. The molecule has 1 saturated carbocycles. The Kier molecular flexibility index (Phi) is 9.95. The zero-order valence-electron chi connectivity index (χ0n) is 28.2. The molecule has 0 bridgehead atoms. The van der Waals surface area contributed by atoms with Crippen LogP contribution in [0.1, 0.15) is 66.1 Å². The van der Waals surface area contributed by atoms with Crippen LogP contribution in [0.3, 0.4) is 0 Å². The molecule has 0 saturated heterocycles. The van der Waals surface area contributed by atoms with Crippen LogP contribution in [0.15, 0.2) is 97.1 Å². The van der Waals surface area contributed by atoms with E-state index in [-0.39, 0.29) is 13.0 Å². The van der Waals surface area contributed by atoms with Crippen LogP contribution in [0.25, 0.3) is 22.3 Å². The van der Waals surface area contributed by atoms with E-state index in [2.05, 4.69) is 10.6 Å². The number of fused-ring (bicyclic) bond motifs is 3. The van der Waals surface area contributed by atoms with Crippen LogP contribution in [0, 0.1) is 5.92 Å². The Labute approximate surface area is 296 Å². The second kappa shape index (κ2) is 14.1. The van der Waals surface area contributed by atoms with Gasteiger partial charge in [0.05, 0.1) is 18.1 Å². The molecule has 52 heavy (non-hydrogen) atoms. The van der Waals surface area contributed by atoms with E-state index in [1.54, 1.807) is 60.7 Å². The van der Waals surface area contributed by atoms with E-state index in [4.69, 9.17) is 4.74 Å². The van der Waals surface area contributed by atoms with Gasteiger partial charge >= 0.3 is 18.3 Å². The van der Waals surface area contributed by atoms with Gasteiger partial charge in [-0.15, -0.1) is 0 Å². The number of rotatable bonds is 9. The molecule has 0 atom stereocenters. The number of alkyl halides is 6. The number of carbonyl (C=O) groups is 3. The van der Waals surface area contributed by atoms with E-state index < -0.39 is 59.1 Å². The minimum absolute atomic E-state index is 0.0741. The highest BCUT2D eigenvalue weighted by Crippen LogP contribution is 2.51. The Bertz CT molecular complexity index is 1920. The van der Waals surface area contributed by atoms with E-state index in [0.29, 0.717) is 53.5 Å². The third-order valence-electron chi connectivity index (χ3n) is 10.2. The quantitative estimate of drug-likeness (QED) is 0.134. The molecular formula is C40H36F6N2O4. The van der Waals surface area contributed by atoms with Crippen LogP contribution in [0.5, 0.6) is 0 Å². The van der Waals surface area contributed by atoms with Crippen molar-refractivity contribution in [3.8, 4) is 22.3 Å². The molecule has 272 valence electrons. The highest BCUT2D eigenvalue weighted by molar-refractivity contribution is 6.02. The van der Waals surface area contributed by atoms with Crippen molar-refractivity contribution in [2.45, 2.75) is 62.3 Å². The number of halogens is 6. The van der Waals surface area contributed by atoms with Gasteiger partial charge in [0.2, 0.25) is 5.91 Å². The van der Waals surface area contributed by atoms with Gasteiger partial charge in [0, 0.05) is 17.5 Å². The summed E-state index contributed by atoms with van der Waals surface area (Å²) >= 11 is 0. The van der Waals surface area contributed by atoms with Crippen molar-refractivity contribution < 1.29 is 45.5 Å². The highest BCUT2D eigenvalue weighted by Gasteiger charge is 2.50. The summed E-state index contributed by atoms with van der Waals surface area (Å²) in [7, 11) is 0. The van der Waals surface area contributed by atoms with Crippen LogP contribution in [-0.4, -0.2) is 42.7 Å². The molecule has 4 aromatic carbocycles. The van der Waals surface area contributed by atoms with Crippen LogP contribution in [0.2, 0.25) is 0 Å². The smallest absolute Gasteiger partial charge is 0.416 e. The summed E-state index contributed by atoms with van der Waals surface area (Å²) in [6.45, 7) is 0.146. The summed E-state index contributed by atoms with van der Waals surface area (Å²) < 4.78 is 84.6.